The van der Waals surface area contributed by atoms with Crippen molar-refractivity contribution >= 4 is 11.8 Å². The van der Waals surface area contributed by atoms with Crippen molar-refractivity contribution in [3.63, 3.8) is 0 Å². The van der Waals surface area contributed by atoms with E-state index in [1.807, 2.05) is 12.1 Å². The molecule has 18 heavy (non-hydrogen) atoms. The van der Waals surface area contributed by atoms with Crippen LogP contribution < -0.4 is 5.32 Å². The summed E-state index contributed by atoms with van der Waals surface area (Å²) in [6.45, 7) is 3.21. The molecule has 2 unspecified atom stereocenters. The first-order chi connectivity index (χ1) is 8.79. The highest BCUT2D eigenvalue weighted by Crippen LogP contribution is 2.29. The molecule has 1 heterocycles. The SMILES string of the molecule is CCNC(Cc1ccc(O)cc1)C1CCCCS1. The van der Waals surface area contributed by atoms with Gasteiger partial charge in [-0.05, 0) is 49.3 Å². The second-order valence-electron chi connectivity index (χ2n) is 4.94. The van der Waals surface area contributed by atoms with Crippen molar-refractivity contribution in [2.75, 3.05) is 12.3 Å². The zero-order valence-corrected chi connectivity index (χ0v) is 11.9. The molecule has 1 aromatic rings. The van der Waals surface area contributed by atoms with Crippen molar-refractivity contribution < 1.29 is 5.11 Å². The summed E-state index contributed by atoms with van der Waals surface area (Å²) in [5.74, 6) is 1.66. The molecule has 1 fully saturated rings. The fraction of sp³-hybridized carbons (Fsp3) is 0.600. The predicted octanol–water partition coefficient (Wildman–Crippen LogP) is 3.20. The van der Waals surface area contributed by atoms with Crippen LogP contribution in [0, 0.1) is 0 Å². The van der Waals surface area contributed by atoms with Gasteiger partial charge in [0.15, 0.2) is 0 Å². The Morgan fingerprint density at radius 2 is 2.11 bits per heavy atom. The highest BCUT2D eigenvalue weighted by atomic mass is 32.2. The summed E-state index contributed by atoms with van der Waals surface area (Å²) in [4.78, 5) is 0. The minimum Gasteiger partial charge on any atom is -0.508 e. The van der Waals surface area contributed by atoms with Gasteiger partial charge in [0.25, 0.3) is 0 Å². The van der Waals surface area contributed by atoms with Gasteiger partial charge in [-0.1, -0.05) is 25.5 Å². The number of thioether (sulfide) groups is 1. The van der Waals surface area contributed by atoms with Crippen LogP contribution in [0.25, 0.3) is 0 Å². The molecule has 2 rings (SSSR count). The Morgan fingerprint density at radius 3 is 2.72 bits per heavy atom. The molecule has 1 saturated heterocycles. The first kappa shape index (κ1) is 13.8. The van der Waals surface area contributed by atoms with Crippen LogP contribution in [0.4, 0.5) is 0 Å². The van der Waals surface area contributed by atoms with Crippen molar-refractivity contribution in [1.29, 1.82) is 0 Å². The quantitative estimate of drug-likeness (QED) is 0.857. The van der Waals surface area contributed by atoms with Crippen LogP contribution in [0.15, 0.2) is 24.3 Å². The minimum atomic E-state index is 0.353. The molecule has 0 saturated carbocycles. The van der Waals surface area contributed by atoms with E-state index in [0.29, 0.717) is 11.8 Å². The molecule has 100 valence electrons. The van der Waals surface area contributed by atoms with Gasteiger partial charge >= 0.3 is 0 Å². The summed E-state index contributed by atoms with van der Waals surface area (Å²) in [6, 6.07) is 8.20. The first-order valence-corrected chi connectivity index (χ1v) is 7.97. The molecule has 0 aromatic heterocycles. The normalized spacial score (nSPS) is 21.7. The smallest absolute Gasteiger partial charge is 0.115 e. The van der Waals surface area contributed by atoms with E-state index in [1.165, 1.54) is 30.6 Å². The van der Waals surface area contributed by atoms with Gasteiger partial charge in [-0.2, -0.15) is 11.8 Å². The lowest BCUT2D eigenvalue weighted by Gasteiger charge is -2.30. The number of phenols is 1. The van der Waals surface area contributed by atoms with Crippen LogP contribution in [0.5, 0.6) is 5.75 Å². The maximum atomic E-state index is 9.32. The number of phenolic OH excluding ortho intramolecular Hbond substituents is 1. The zero-order chi connectivity index (χ0) is 12.8. The largest absolute Gasteiger partial charge is 0.508 e. The van der Waals surface area contributed by atoms with Crippen LogP contribution in [-0.2, 0) is 6.42 Å². The van der Waals surface area contributed by atoms with Crippen molar-refractivity contribution in [2.45, 2.75) is 43.9 Å². The van der Waals surface area contributed by atoms with Gasteiger partial charge in [0, 0.05) is 11.3 Å². The number of nitrogens with one attached hydrogen (secondary N) is 1. The van der Waals surface area contributed by atoms with Crippen molar-refractivity contribution in [3.8, 4) is 5.75 Å². The molecule has 0 aliphatic carbocycles. The Balaban J connectivity index is 1.98. The maximum Gasteiger partial charge on any atom is 0.115 e. The lowest BCUT2D eigenvalue weighted by atomic mass is 9.99. The molecule has 3 heteroatoms. The van der Waals surface area contributed by atoms with E-state index in [4.69, 9.17) is 0 Å². The number of aromatic hydroxyl groups is 1. The number of benzene rings is 1. The minimum absolute atomic E-state index is 0.353. The number of likely N-dealkylation sites (N-methyl/N-ethyl adjacent to an activating group) is 1. The third-order valence-corrected chi connectivity index (χ3v) is 5.04. The van der Waals surface area contributed by atoms with Gasteiger partial charge in [0.05, 0.1) is 0 Å². The lowest BCUT2D eigenvalue weighted by Crippen LogP contribution is -2.41. The first-order valence-electron chi connectivity index (χ1n) is 6.92. The second kappa shape index (κ2) is 7.05. The van der Waals surface area contributed by atoms with Gasteiger partial charge in [-0.25, -0.2) is 0 Å². The number of rotatable bonds is 5. The molecule has 0 amide bonds. The van der Waals surface area contributed by atoms with Gasteiger partial charge in [-0.15, -0.1) is 0 Å². The van der Waals surface area contributed by atoms with Crippen LogP contribution in [0.3, 0.4) is 0 Å². The van der Waals surface area contributed by atoms with Gasteiger partial charge in [0.2, 0.25) is 0 Å². The molecule has 1 aliphatic rings. The van der Waals surface area contributed by atoms with Crippen LogP contribution in [0.1, 0.15) is 31.7 Å². The fourth-order valence-electron chi connectivity index (χ4n) is 2.57. The Morgan fingerprint density at radius 1 is 1.33 bits per heavy atom. The molecule has 2 nitrogen and oxygen atoms in total. The summed E-state index contributed by atoms with van der Waals surface area (Å²) < 4.78 is 0. The summed E-state index contributed by atoms with van der Waals surface area (Å²) in [7, 11) is 0. The van der Waals surface area contributed by atoms with E-state index in [9.17, 15) is 5.11 Å². The molecular weight excluding hydrogens is 242 g/mol. The Bertz CT molecular complexity index is 346. The van der Waals surface area contributed by atoms with Crippen LogP contribution >= 0.6 is 11.8 Å². The summed E-state index contributed by atoms with van der Waals surface area (Å²) >= 11 is 2.12. The topological polar surface area (TPSA) is 32.3 Å². The van der Waals surface area contributed by atoms with E-state index in [0.717, 1.165) is 18.2 Å². The van der Waals surface area contributed by atoms with Crippen molar-refractivity contribution in [3.05, 3.63) is 29.8 Å². The highest BCUT2D eigenvalue weighted by molar-refractivity contribution is 8.00. The maximum absolute atomic E-state index is 9.32. The molecule has 2 N–H and O–H groups in total. The van der Waals surface area contributed by atoms with E-state index in [1.54, 1.807) is 12.1 Å². The van der Waals surface area contributed by atoms with E-state index in [-0.39, 0.29) is 0 Å². The fourth-order valence-corrected chi connectivity index (χ4v) is 4.00. The van der Waals surface area contributed by atoms with Gasteiger partial charge < -0.3 is 10.4 Å². The zero-order valence-electron chi connectivity index (χ0n) is 11.1. The van der Waals surface area contributed by atoms with E-state index < -0.39 is 0 Å². The Labute approximate surface area is 114 Å². The van der Waals surface area contributed by atoms with E-state index >= 15 is 0 Å². The number of hydrogen-bond acceptors (Lipinski definition) is 3. The molecule has 0 spiro atoms. The molecule has 0 radical (unpaired) electrons. The van der Waals surface area contributed by atoms with Gasteiger partial charge in [-0.3, -0.25) is 0 Å². The highest BCUT2D eigenvalue weighted by Gasteiger charge is 2.23. The average Bonchev–Trinajstić information content (AvgIpc) is 2.42. The second-order valence-corrected chi connectivity index (χ2v) is 6.29. The predicted molar refractivity (Wildman–Crippen MR) is 79.4 cm³/mol. The van der Waals surface area contributed by atoms with Crippen molar-refractivity contribution in [2.24, 2.45) is 0 Å². The molecular formula is C15H23NOS. The van der Waals surface area contributed by atoms with E-state index in [2.05, 4.69) is 24.0 Å². The Kier molecular flexibility index (Phi) is 5.39. The molecule has 0 bridgehead atoms. The number of hydrogen-bond donors (Lipinski definition) is 2. The van der Waals surface area contributed by atoms with Crippen molar-refractivity contribution in [1.82, 2.24) is 5.32 Å². The molecule has 1 aromatic carbocycles. The summed E-state index contributed by atoms with van der Waals surface area (Å²) in [6.07, 6.45) is 5.14. The third-order valence-electron chi connectivity index (χ3n) is 3.52. The monoisotopic (exact) mass is 265 g/mol. The Hall–Kier alpha value is -0.670. The third kappa shape index (κ3) is 3.92. The molecule has 2 atom stereocenters. The molecule has 1 aliphatic heterocycles. The van der Waals surface area contributed by atoms with Crippen LogP contribution in [-0.4, -0.2) is 28.7 Å². The summed E-state index contributed by atoms with van der Waals surface area (Å²) in [5, 5.41) is 13.7. The standard InChI is InChI=1S/C15H23NOS/c1-2-16-14(15-5-3-4-10-18-15)11-12-6-8-13(17)9-7-12/h6-9,14-17H,2-5,10-11H2,1H3. The summed E-state index contributed by atoms with van der Waals surface area (Å²) in [5.41, 5.74) is 1.31. The average molecular weight is 265 g/mol. The van der Waals surface area contributed by atoms with Crippen LogP contribution in [0.2, 0.25) is 0 Å². The lowest BCUT2D eigenvalue weighted by molar-refractivity contribution is 0.467. The van der Waals surface area contributed by atoms with Gasteiger partial charge in [0.1, 0.15) is 5.75 Å².